The number of aryl methyl sites for hydroxylation is 1. The molecule has 4 aliphatic heterocycles. The second-order valence-corrected chi connectivity index (χ2v) is 22.6. The van der Waals surface area contributed by atoms with Crippen LogP contribution in [0.25, 0.3) is 21.8 Å². The summed E-state index contributed by atoms with van der Waals surface area (Å²) in [6, 6.07) is 16.4. The molecular formula is C56H68F2N12O7S. The number of amides is 1. The number of fused-ring (bicyclic) bond motifs is 2. The summed E-state index contributed by atoms with van der Waals surface area (Å²) in [7, 11) is 0. The molecule has 0 radical (unpaired) electrons. The average molecular weight is 1090 g/mol. The number of nitrogens with one attached hydrogen (secondary N) is 1. The molecular weight excluding hydrogens is 1020 g/mol. The van der Waals surface area contributed by atoms with Gasteiger partial charge in [-0.25, -0.2) is 18.7 Å². The predicted octanol–water partition coefficient (Wildman–Crippen LogP) is 7.27. The van der Waals surface area contributed by atoms with Crippen LogP contribution in [0.3, 0.4) is 0 Å². The number of carbonyl (C=O) groups excluding carboxylic acids is 1. The molecule has 1 amide bonds. The Morgan fingerprint density at radius 1 is 0.910 bits per heavy atom. The molecule has 2 unspecified atom stereocenters. The third kappa shape index (κ3) is 11.9. The number of halogens is 2. The molecule has 2 bridgehead atoms. The van der Waals surface area contributed by atoms with Crippen molar-refractivity contribution in [1.82, 2.24) is 45.4 Å². The molecule has 78 heavy (non-hydrogen) atoms. The van der Waals surface area contributed by atoms with E-state index < -0.39 is 30.5 Å². The number of aliphatic hydroxyl groups is 1. The first-order chi connectivity index (χ1) is 37.8. The fraction of sp³-hybridized carbons (Fsp3) is 0.518. The number of benzene rings is 1. The second kappa shape index (κ2) is 23.4. The average Bonchev–Trinajstić information content (AvgIpc) is 4.29. The summed E-state index contributed by atoms with van der Waals surface area (Å²) in [5.41, 5.74) is 12.9. The number of aromatic hydroxyl groups is 1. The first kappa shape index (κ1) is 53.4. The second-order valence-electron chi connectivity index (χ2n) is 21.8. The van der Waals surface area contributed by atoms with E-state index in [1.807, 2.05) is 50.1 Å². The van der Waals surface area contributed by atoms with E-state index >= 15 is 0 Å². The lowest BCUT2D eigenvalue weighted by Crippen LogP contribution is -2.54. The molecule has 1 aliphatic carbocycles. The van der Waals surface area contributed by atoms with Gasteiger partial charge in [0, 0.05) is 112 Å². The minimum absolute atomic E-state index is 0.0505. The Labute approximate surface area is 456 Å². The van der Waals surface area contributed by atoms with Crippen LogP contribution in [-0.4, -0.2) is 158 Å². The lowest BCUT2D eigenvalue weighted by Gasteiger charge is -2.43. The molecule has 6 atom stereocenters. The van der Waals surface area contributed by atoms with Crippen molar-refractivity contribution in [3.63, 3.8) is 0 Å². The minimum Gasteiger partial charge on any atom is -0.507 e. The number of hydrogen-bond acceptors (Lipinski definition) is 19. The number of pyridine rings is 2. The third-order valence-electron chi connectivity index (χ3n) is 16.2. The van der Waals surface area contributed by atoms with Crippen molar-refractivity contribution in [2.24, 2.45) is 5.92 Å². The number of anilines is 3. The van der Waals surface area contributed by atoms with E-state index in [-0.39, 0.29) is 66.5 Å². The topological polar surface area (TPSA) is 227 Å². The first-order valence-electron chi connectivity index (χ1n) is 27.2. The van der Waals surface area contributed by atoms with Gasteiger partial charge >= 0.3 is 0 Å². The standard InChI is InChI=1S/C56H68F2N12O7S/c1-32(2)43(30-69-29-38(71)21-47(69)56(73)63-52(54(57)58)34-8-11-44(61-26-34)53-33(3)62-31-78-53)49-25-51(66-77-49)74-19-18-67-16-13-39(14-17-67)75-40-22-41(23-40)76-50-20-35(12-15-60-50)70-36-9-10-37(70)28-68(27-36)46-24-45(64-65-55(46)59)42-6-4-5-7-48(42)72/h4-8,11-12,15,20,24-26,31-32,36-41,43,47,52,54,71-72H,9-10,13-14,16-19,21-23,27-30H2,1-3H3,(H2,59,65)(H,63,73)/t36?,37?,38-,40-,41-,43-,47+,52-/m1/s1. The van der Waals surface area contributed by atoms with E-state index in [0.29, 0.717) is 53.4 Å². The Hall–Kier alpha value is -6.59. The van der Waals surface area contributed by atoms with E-state index in [2.05, 4.69) is 62.5 Å². The molecule has 5 N–H and O–H groups in total. The molecule has 6 aromatic rings. The number of thiazole rings is 1. The first-order valence-corrected chi connectivity index (χ1v) is 28.1. The van der Waals surface area contributed by atoms with Crippen molar-refractivity contribution >= 4 is 34.4 Å². The number of nitrogens with two attached hydrogens (primary N) is 1. The molecule has 5 aromatic heterocycles. The number of nitrogens with zero attached hydrogens (tertiary/aromatic N) is 10. The highest BCUT2D eigenvalue weighted by Gasteiger charge is 2.43. The van der Waals surface area contributed by atoms with Crippen LogP contribution in [0.4, 0.5) is 26.0 Å². The van der Waals surface area contributed by atoms with E-state index in [9.17, 15) is 23.8 Å². The fourth-order valence-electron chi connectivity index (χ4n) is 11.9. The molecule has 0 spiro atoms. The number of likely N-dealkylation sites (tertiary alicyclic amines) is 2. The van der Waals surface area contributed by atoms with E-state index in [1.54, 1.807) is 35.8 Å². The van der Waals surface area contributed by atoms with Crippen molar-refractivity contribution in [3.8, 4) is 39.3 Å². The van der Waals surface area contributed by atoms with Crippen molar-refractivity contribution in [1.29, 1.82) is 0 Å². The highest BCUT2D eigenvalue weighted by atomic mass is 32.1. The molecule has 5 aliphatic rings. The molecule has 1 aromatic carbocycles. The summed E-state index contributed by atoms with van der Waals surface area (Å²) in [4.78, 5) is 36.8. The van der Waals surface area contributed by atoms with Gasteiger partial charge in [-0.15, -0.1) is 21.5 Å². The number of alkyl halides is 2. The summed E-state index contributed by atoms with van der Waals surface area (Å²) >= 11 is 1.42. The molecule has 4 saturated heterocycles. The highest BCUT2D eigenvalue weighted by Crippen LogP contribution is 2.41. The van der Waals surface area contributed by atoms with Crippen molar-refractivity contribution in [2.75, 3.05) is 68.0 Å². The van der Waals surface area contributed by atoms with Crippen LogP contribution in [0.15, 0.2) is 83.1 Å². The van der Waals surface area contributed by atoms with E-state index in [1.165, 1.54) is 17.5 Å². The number of para-hydroxylation sites is 1. The number of rotatable bonds is 20. The van der Waals surface area contributed by atoms with Gasteiger partial charge < -0.3 is 49.8 Å². The Morgan fingerprint density at radius 3 is 2.42 bits per heavy atom. The zero-order chi connectivity index (χ0) is 54.0. The van der Waals surface area contributed by atoms with E-state index in [4.69, 9.17) is 24.5 Å². The largest absolute Gasteiger partial charge is 0.507 e. The molecule has 19 nitrogen and oxygen atoms in total. The van der Waals surface area contributed by atoms with Crippen LogP contribution in [-0.2, 0) is 9.53 Å². The molecule has 11 rings (SSSR count). The van der Waals surface area contributed by atoms with Gasteiger partial charge in [0.1, 0.15) is 30.3 Å². The Balaban J connectivity index is 0.600. The number of ether oxygens (including phenoxy) is 3. The molecule has 5 fully saturated rings. The quantitative estimate of drug-likeness (QED) is 0.0590. The zero-order valence-electron chi connectivity index (χ0n) is 44.1. The summed E-state index contributed by atoms with van der Waals surface area (Å²) < 4.78 is 53.8. The summed E-state index contributed by atoms with van der Waals surface area (Å²) in [6.45, 7) is 11.0. The maximum Gasteiger partial charge on any atom is 0.262 e. The number of phenolic OH excluding ortho intramolecular Hbond substituents is 1. The predicted molar refractivity (Wildman–Crippen MR) is 290 cm³/mol. The number of piperazine rings is 1. The minimum atomic E-state index is -2.88. The number of piperidine rings is 1. The van der Waals surface area contributed by atoms with Gasteiger partial charge in [-0.05, 0) is 86.0 Å². The zero-order valence-corrected chi connectivity index (χ0v) is 44.9. The SMILES string of the molecule is Cc1ncsc1-c1ccc([C@@H](NC(=O)[C@@H]2C[C@@H](O)CN2C[C@@H](c2cc(OCCN3CCC(O[C@H]4C[C@H](Oc5cc(N6C7CCC6CN(c6cc(-c8ccccc8O)nnc6N)C7)ccn5)C4)CC3)no2)C(C)C)C(F)F)cn1. The van der Waals surface area contributed by atoms with E-state index in [0.717, 1.165) is 93.2 Å². The van der Waals surface area contributed by atoms with Gasteiger partial charge in [-0.2, -0.15) is 0 Å². The number of hydrogen-bond donors (Lipinski definition) is 4. The van der Waals surface area contributed by atoms with Gasteiger partial charge in [0.25, 0.3) is 12.3 Å². The maximum atomic E-state index is 14.5. The summed E-state index contributed by atoms with van der Waals surface area (Å²) in [6.07, 6.45) is 5.68. The molecule has 22 heteroatoms. The lowest BCUT2D eigenvalue weighted by molar-refractivity contribution is -0.127. The van der Waals surface area contributed by atoms with Gasteiger partial charge in [0.05, 0.1) is 57.5 Å². The van der Waals surface area contributed by atoms with Crippen molar-refractivity contribution in [3.05, 3.63) is 95.6 Å². The summed E-state index contributed by atoms with van der Waals surface area (Å²) in [5, 5.41) is 36.5. The fourth-order valence-corrected chi connectivity index (χ4v) is 12.7. The van der Waals surface area contributed by atoms with Crippen molar-refractivity contribution in [2.45, 2.75) is 127 Å². The number of aliphatic hydroxyl groups excluding tert-OH is 1. The molecule has 1 saturated carbocycles. The number of aromatic nitrogens is 6. The number of carbonyl (C=O) groups is 1. The van der Waals surface area contributed by atoms with Crippen LogP contribution in [0.5, 0.6) is 17.5 Å². The van der Waals surface area contributed by atoms with Crippen molar-refractivity contribution < 1.29 is 42.5 Å². The normalized spacial score (nSPS) is 23.7. The molecule has 9 heterocycles. The highest BCUT2D eigenvalue weighted by molar-refractivity contribution is 7.13. The Morgan fingerprint density at radius 2 is 1.71 bits per heavy atom. The number of nitrogen functional groups attached to an aromatic ring is 1. The lowest BCUT2D eigenvalue weighted by atomic mass is 9.91. The van der Waals surface area contributed by atoms with Gasteiger partial charge in [-0.3, -0.25) is 19.6 Å². The van der Waals surface area contributed by atoms with Crippen LogP contribution < -0.4 is 30.3 Å². The van der Waals surface area contributed by atoms with Gasteiger partial charge in [-0.1, -0.05) is 32.0 Å². The summed E-state index contributed by atoms with van der Waals surface area (Å²) in [5.74, 6) is 1.39. The van der Waals surface area contributed by atoms with Crippen LogP contribution in [0, 0.1) is 12.8 Å². The third-order valence-corrected chi connectivity index (χ3v) is 17.2. The van der Waals surface area contributed by atoms with Gasteiger partial charge in [0.2, 0.25) is 11.8 Å². The maximum absolute atomic E-state index is 14.5. The number of β-amino-alcohol motifs (C(OH)–C–C–N with tert-alkyl or cyclic N) is 1. The van der Waals surface area contributed by atoms with Crippen LogP contribution >= 0.6 is 11.3 Å². The van der Waals surface area contributed by atoms with Crippen LogP contribution in [0.1, 0.15) is 87.8 Å². The number of phenols is 1. The molecule has 414 valence electrons. The smallest absolute Gasteiger partial charge is 0.262 e. The Bertz CT molecular complexity index is 2980. The van der Waals surface area contributed by atoms with Crippen LogP contribution in [0.2, 0.25) is 0 Å². The van der Waals surface area contributed by atoms with Gasteiger partial charge in [0.15, 0.2) is 5.82 Å². The monoisotopic (exact) mass is 1090 g/mol. The Kier molecular flexibility index (Phi) is 16.0.